The molecule has 2 N–H and O–H groups in total. The van der Waals surface area contributed by atoms with E-state index >= 15 is 0 Å². The van der Waals surface area contributed by atoms with Gasteiger partial charge in [-0.05, 0) is 25.3 Å². The topological polar surface area (TPSA) is 84.3 Å². The predicted molar refractivity (Wildman–Crippen MR) is 61.1 cm³/mol. The van der Waals surface area contributed by atoms with Crippen LogP contribution >= 0.6 is 0 Å². The number of anilines is 1. The van der Waals surface area contributed by atoms with Crippen LogP contribution in [0.4, 0.5) is 5.95 Å². The molecule has 2 rings (SSSR count). The third kappa shape index (κ3) is 3.39. The van der Waals surface area contributed by atoms with E-state index in [4.69, 9.17) is 9.84 Å². The van der Waals surface area contributed by atoms with Crippen LogP contribution in [0.15, 0.2) is 12.3 Å². The van der Waals surface area contributed by atoms with Crippen molar-refractivity contribution in [2.45, 2.75) is 25.4 Å². The van der Waals surface area contributed by atoms with Crippen LogP contribution in [-0.4, -0.2) is 40.3 Å². The van der Waals surface area contributed by atoms with Gasteiger partial charge < -0.3 is 15.2 Å². The van der Waals surface area contributed by atoms with Crippen molar-refractivity contribution >= 4 is 11.9 Å². The summed E-state index contributed by atoms with van der Waals surface area (Å²) in [5.41, 5.74) is -0.00735. The normalized spacial score (nSPS) is 19.9. The van der Waals surface area contributed by atoms with Crippen molar-refractivity contribution in [2.24, 2.45) is 0 Å². The highest BCUT2D eigenvalue weighted by atomic mass is 16.5. The Hall–Kier alpha value is -1.69. The maximum atomic E-state index is 10.7. The highest BCUT2D eigenvalue weighted by molar-refractivity contribution is 5.85. The molecule has 1 aliphatic rings. The molecule has 6 heteroatoms. The van der Waals surface area contributed by atoms with Gasteiger partial charge in [-0.2, -0.15) is 0 Å². The lowest BCUT2D eigenvalue weighted by atomic mass is 10.1. The molecule has 0 aromatic carbocycles. The lowest BCUT2D eigenvalue weighted by Crippen LogP contribution is -2.27. The molecule has 1 aromatic heterocycles. The Labute approximate surface area is 99.0 Å². The van der Waals surface area contributed by atoms with Gasteiger partial charge in [-0.3, -0.25) is 0 Å². The molecule has 1 unspecified atom stereocenters. The quantitative estimate of drug-likeness (QED) is 0.817. The van der Waals surface area contributed by atoms with Gasteiger partial charge in [0.05, 0.1) is 6.10 Å². The number of aromatic nitrogens is 2. The molecule has 1 aromatic rings. The van der Waals surface area contributed by atoms with Gasteiger partial charge in [0.15, 0.2) is 5.69 Å². The Morgan fingerprint density at radius 3 is 3.18 bits per heavy atom. The van der Waals surface area contributed by atoms with E-state index in [0.717, 1.165) is 19.4 Å². The summed E-state index contributed by atoms with van der Waals surface area (Å²) in [5.74, 6) is -0.719. The van der Waals surface area contributed by atoms with Crippen molar-refractivity contribution in [3.05, 3.63) is 18.0 Å². The van der Waals surface area contributed by atoms with Gasteiger partial charge in [-0.15, -0.1) is 0 Å². The monoisotopic (exact) mass is 237 g/mol. The number of nitrogens with one attached hydrogen (secondary N) is 1. The Kier molecular flexibility index (Phi) is 3.87. The number of rotatable bonds is 4. The zero-order valence-corrected chi connectivity index (χ0v) is 9.43. The van der Waals surface area contributed by atoms with Gasteiger partial charge in [0, 0.05) is 19.3 Å². The van der Waals surface area contributed by atoms with Gasteiger partial charge in [0.25, 0.3) is 0 Å². The molecule has 1 saturated heterocycles. The third-order valence-corrected chi connectivity index (χ3v) is 2.64. The van der Waals surface area contributed by atoms with Crippen LogP contribution in [0.3, 0.4) is 0 Å². The van der Waals surface area contributed by atoms with Gasteiger partial charge in [0.1, 0.15) is 0 Å². The first-order valence-corrected chi connectivity index (χ1v) is 5.67. The molecule has 1 aliphatic heterocycles. The average Bonchev–Trinajstić information content (AvgIpc) is 2.38. The van der Waals surface area contributed by atoms with E-state index in [1.54, 1.807) is 0 Å². The molecule has 92 valence electrons. The Balaban J connectivity index is 1.89. The van der Waals surface area contributed by atoms with E-state index in [1.807, 2.05) is 0 Å². The first kappa shape index (κ1) is 11.8. The van der Waals surface area contributed by atoms with Gasteiger partial charge in [-0.1, -0.05) is 0 Å². The number of nitrogens with zero attached hydrogens (tertiary/aromatic N) is 2. The highest BCUT2D eigenvalue weighted by Crippen LogP contribution is 2.12. The van der Waals surface area contributed by atoms with Crippen molar-refractivity contribution in [3.8, 4) is 0 Å². The smallest absolute Gasteiger partial charge is 0.354 e. The van der Waals surface area contributed by atoms with Crippen LogP contribution in [0.25, 0.3) is 0 Å². The first-order chi connectivity index (χ1) is 8.25. The molecular weight excluding hydrogens is 222 g/mol. The summed E-state index contributed by atoms with van der Waals surface area (Å²) in [6.07, 6.45) is 4.90. The molecule has 17 heavy (non-hydrogen) atoms. The Morgan fingerprint density at radius 1 is 1.59 bits per heavy atom. The summed E-state index contributed by atoms with van der Waals surface area (Å²) >= 11 is 0. The number of ether oxygens (including phenoxy) is 1. The standard InChI is InChI=1S/C11H15N3O3/c15-10(16)9-4-5-12-11(14-9)13-7-8-3-1-2-6-17-8/h4-5,8H,1-3,6-7H2,(H,15,16)(H,12,13,14). The summed E-state index contributed by atoms with van der Waals surface area (Å²) in [5, 5.41) is 11.8. The van der Waals surface area contributed by atoms with Crippen LogP contribution in [-0.2, 0) is 4.74 Å². The fourth-order valence-corrected chi connectivity index (χ4v) is 1.74. The summed E-state index contributed by atoms with van der Waals surface area (Å²) in [6.45, 7) is 1.41. The Bertz CT molecular complexity index is 391. The predicted octanol–water partition coefficient (Wildman–Crippen LogP) is 1.16. The maximum absolute atomic E-state index is 10.7. The van der Waals surface area contributed by atoms with Crippen LogP contribution in [0.2, 0.25) is 0 Å². The van der Waals surface area contributed by atoms with E-state index < -0.39 is 5.97 Å². The second kappa shape index (κ2) is 5.58. The van der Waals surface area contributed by atoms with Crippen molar-refractivity contribution in [3.63, 3.8) is 0 Å². The average molecular weight is 237 g/mol. The minimum atomic E-state index is -1.05. The van der Waals surface area contributed by atoms with Gasteiger partial charge in [-0.25, -0.2) is 14.8 Å². The van der Waals surface area contributed by atoms with Crippen molar-refractivity contribution in [1.82, 2.24) is 9.97 Å². The zero-order chi connectivity index (χ0) is 12.1. The maximum Gasteiger partial charge on any atom is 0.354 e. The zero-order valence-electron chi connectivity index (χ0n) is 9.43. The Morgan fingerprint density at radius 2 is 2.47 bits per heavy atom. The molecule has 0 saturated carbocycles. The minimum absolute atomic E-state index is 0.00735. The van der Waals surface area contributed by atoms with Gasteiger partial charge in [0.2, 0.25) is 5.95 Å². The fraction of sp³-hybridized carbons (Fsp3) is 0.545. The molecule has 1 atom stereocenters. The largest absolute Gasteiger partial charge is 0.477 e. The van der Waals surface area contributed by atoms with E-state index in [0.29, 0.717) is 12.5 Å². The molecule has 0 aliphatic carbocycles. The van der Waals surface area contributed by atoms with Crippen LogP contribution < -0.4 is 5.32 Å². The molecule has 0 amide bonds. The minimum Gasteiger partial charge on any atom is -0.477 e. The highest BCUT2D eigenvalue weighted by Gasteiger charge is 2.14. The van der Waals surface area contributed by atoms with Crippen LogP contribution in [0.1, 0.15) is 29.8 Å². The number of carboxylic acid groups (broad SMARTS) is 1. The van der Waals surface area contributed by atoms with E-state index in [1.165, 1.54) is 18.7 Å². The molecule has 6 nitrogen and oxygen atoms in total. The SMILES string of the molecule is O=C(O)c1ccnc(NCC2CCCCO2)n1. The molecular formula is C11H15N3O3. The summed E-state index contributed by atoms with van der Waals surface area (Å²) in [4.78, 5) is 18.6. The number of carboxylic acids is 1. The third-order valence-electron chi connectivity index (χ3n) is 2.64. The van der Waals surface area contributed by atoms with Crippen molar-refractivity contribution < 1.29 is 14.6 Å². The number of aromatic carboxylic acids is 1. The van der Waals surface area contributed by atoms with Crippen LogP contribution in [0, 0.1) is 0 Å². The second-order valence-corrected chi connectivity index (χ2v) is 3.94. The molecule has 2 heterocycles. The van der Waals surface area contributed by atoms with E-state index in [-0.39, 0.29) is 11.8 Å². The molecule has 0 bridgehead atoms. The lowest BCUT2D eigenvalue weighted by Gasteiger charge is -2.22. The van der Waals surface area contributed by atoms with Gasteiger partial charge >= 0.3 is 5.97 Å². The second-order valence-electron chi connectivity index (χ2n) is 3.94. The number of hydrogen-bond acceptors (Lipinski definition) is 5. The lowest BCUT2D eigenvalue weighted by molar-refractivity contribution is 0.0246. The van der Waals surface area contributed by atoms with Crippen LogP contribution in [0.5, 0.6) is 0 Å². The molecule has 1 fully saturated rings. The fourth-order valence-electron chi connectivity index (χ4n) is 1.74. The summed E-state index contributed by atoms with van der Waals surface area (Å²) in [7, 11) is 0. The number of hydrogen-bond donors (Lipinski definition) is 2. The number of carbonyl (C=O) groups is 1. The molecule has 0 spiro atoms. The van der Waals surface area contributed by atoms with E-state index in [9.17, 15) is 4.79 Å². The summed E-state index contributed by atoms with van der Waals surface area (Å²) < 4.78 is 5.54. The van der Waals surface area contributed by atoms with Crippen molar-refractivity contribution in [2.75, 3.05) is 18.5 Å². The first-order valence-electron chi connectivity index (χ1n) is 5.67. The van der Waals surface area contributed by atoms with Crippen molar-refractivity contribution in [1.29, 1.82) is 0 Å². The van der Waals surface area contributed by atoms with E-state index in [2.05, 4.69) is 15.3 Å². The summed E-state index contributed by atoms with van der Waals surface area (Å²) in [6, 6.07) is 1.37. The molecule has 0 radical (unpaired) electrons.